The van der Waals surface area contributed by atoms with Crippen LogP contribution >= 0.6 is 11.3 Å². The smallest absolute Gasteiger partial charge is 0.162 e. The second kappa shape index (κ2) is 12.7. The van der Waals surface area contributed by atoms with E-state index >= 15 is 0 Å². The number of thiophene rings is 1. The fraction of sp³-hybridized carbons (Fsp3) is 0.533. The average Bonchev–Trinajstić information content (AvgIpc) is 3.40. The molecule has 2 N–H and O–H groups in total. The Kier molecular flexibility index (Phi) is 8.71. The molecular formula is C30H41N7OS. The van der Waals surface area contributed by atoms with Crippen molar-refractivity contribution in [3.8, 4) is 11.4 Å². The van der Waals surface area contributed by atoms with Gasteiger partial charge in [-0.25, -0.2) is 9.97 Å². The number of hydrogen-bond acceptors (Lipinski definition) is 9. The van der Waals surface area contributed by atoms with Crippen LogP contribution in [0.3, 0.4) is 0 Å². The molecule has 39 heavy (non-hydrogen) atoms. The van der Waals surface area contributed by atoms with Crippen LogP contribution in [0.15, 0.2) is 36.5 Å². The van der Waals surface area contributed by atoms with Gasteiger partial charge >= 0.3 is 0 Å². The average molecular weight is 548 g/mol. The van der Waals surface area contributed by atoms with E-state index in [1.54, 1.807) is 6.20 Å². The summed E-state index contributed by atoms with van der Waals surface area (Å²) >= 11 is 1.86. The zero-order chi connectivity index (χ0) is 26.4. The van der Waals surface area contributed by atoms with Crippen molar-refractivity contribution in [3.63, 3.8) is 0 Å². The molecule has 0 unspecified atom stereocenters. The van der Waals surface area contributed by atoms with Crippen LogP contribution in [0.5, 0.6) is 0 Å². The number of anilines is 1. The van der Waals surface area contributed by atoms with Crippen LogP contribution in [-0.4, -0.2) is 103 Å². The maximum Gasteiger partial charge on any atom is 0.162 e. The van der Waals surface area contributed by atoms with Gasteiger partial charge < -0.3 is 20.3 Å². The predicted molar refractivity (Wildman–Crippen MR) is 161 cm³/mol. The monoisotopic (exact) mass is 547 g/mol. The molecule has 2 aromatic heterocycles. The summed E-state index contributed by atoms with van der Waals surface area (Å²) in [5, 5.41) is 0. The molecule has 0 atom stereocenters. The van der Waals surface area contributed by atoms with E-state index in [2.05, 4.69) is 37.8 Å². The molecule has 1 aromatic carbocycles. The molecule has 0 saturated carbocycles. The second-order valence-corrected chi connectivity index (χ2v) is 12.0. The molecular weight excluding hydrogens is 506 g/mol. The molecule has 0 radical (unpaired) electrons. The molecule has 0 bridgehead atoms. The van der Waals surface area contributed by atoms with Crippen LogP contribution in [0.1, 0.15) is 29.7 Å². The summed E-state index contributed by atoms with van der Waals surface area (Å²) in [6.45, 7) is 13.7. The standard InChI is InChI=1S/C30H41N7OS/c31-9-8-24-6-2-3-7-26(24)29-32-27-22-25(39-28(27)30(33-29)37-18-20-38-21-19-37)23-36-16-14-35(15-17-36)13-12-34-10-4-1-5-11-34/h2-3,6-9,22H,1,4-5,10-21,23,31H2/b9-8-. The van der Waals surface area contributed by atoms with Crippen LogP contribution in [-0.2, 0) is 11.3 Å². The zero-order valence-electron chi connectivity index (χ0n) is 22.9. The van der Waals surface area contributed by atoms with Crippen LogP contribution in [0.25, 0.3) is 27.7 Å². The highest BCUT2D eigenvalue weighted by atomic mass is 32.1. The van der Waals surface area contributed by atoms with E-state index in [4.69, 9.17) is 20.4 Å². The van der Waals surface area contributed by atoms with Gasteiger partial charge in [0, 0.05) is 69.3 Å². The maximum absolute atomic E-state index is 5.74. The van der Waals surface area contributed by atoms with Crippen molar-refractivity contribution in [2.75, 3.05) is 83.6 Å². The van der Waals surface area contributed by atoms with Gasteiger partial charge in [0.25, 0.3) is 0 Å². The van der Waals surface area contributed by atoms with E-state index in [9.17, 15) is 0 Å². The Bertz CT molecular complexity index is 1260. The molecule has 3 aliphatic heterocycles. The van der Waals surface area contributed by atoms with Gasteiger partial charge in [0.2, 0.25) is 0 Å². The fourth-order valence-electron chi connectivity index (χ4n) is 5.96. The normalized spacial score (nSPS) is 20.4. The van der Waals surface area contributed by atoms with E-state index in [1.807, 2.05) is 29.5 Å². The van der Waals surface area contributed by atoms with E-state index < -0.39 is 0 Å². The van der Waals surface area contributed by atoms with Gasteiger partial charge in [0.05, 0.1) is 23.4 Å². The van der Waals surface area contributed by atoms with Gasteiger partial charge in [-0.05, 0) is 49.8 Å². The van der Waals surface area contributed by atoms with Crippen molar-refractivity contribution < 1.29 is 4.74 Å². The third-order valence-electron chi connectivity index (χ3n) is 8.22. The zero-order valence-corrected chi connectivity index (χ0v) is 23.7. The molecule has 9 heteroatoms. The Hall–Kier alpha value is -2.56. The largest absolute Gasteiger partial charge is 0.405 e. The highest BCUT2D eigenvalue weighted by molar-refractivity contribution is 7.19. The number of piperazine rings is 1. The fourth-order valence-corrected chi connectivity index (χ4v) is 7.11. The van der Waals surface area contributed by atoms with Crippen LogP contribution < -0.4 is 10.6 Å². The molecule has 8 nitrogen and oxygen atoms in total. The number of aromatic nitrogens is 2. The number of piperidine rings is 1. The van der Waals surface area contributed by atoms with Crippen molar-refractivity contribution in [2.24, 2.45) is 5.73 Å². The van der Waals surface area contributed by atoms with Gasteiger partial charge in [-0.3, -0.25) is 9.80 Å². The number of fused-ring (bicyclic) bond motifs is 1. The molecule has 208 valence electrons. The van der Waals surface area contributed by atoms with E-state index in [0.29, 0.717) is 0 Å². The van der Waals surface area contributed by atoms with Gasteiger partial charge in [-0.15, -0.1) is 11.3 Å². The third-order valence-corrected chi connectivity index (χ3v) is 9.32. The quantitative estimate of drug-likeness (QED) is 0.458. The first kappa shape index (κ1) is 26.7. The van der Waals surface area contributed by atoms with Gasteiger partial charge in [0.1, 0.15) is 0 Å². The number of morpholine rings is 1. The van der Waals surface area contributed by atoms with Crippen molar-refractivity contribution in [3.05, 3.63) is 47.0 Å². The molecule has 3 fully saturated rings. The Labute approximate surface area is 236 Å². The first-order chi connectivity index (χ1) is 19.3. The van der Waals surface area contributed by atoms with E-state index in [0.717, 1.165) is 87.3 Å². The lowest BCUT2D eigenvalue weighted by atomic mass is 10.1. The summed E-state index contributed by atoms with van der Waals surface area (Å²) in [6.07, 6.45) is 7.66. The van der Waals surface area contributed by atoms with Gasteiger partial charge in [-0.1, -0.05) is 30.7 Å². The first-order valence-corrected chi connectivity index (χ1v) is 15.4. The summed E-state index contributed by atoms with van der Waals surface area (Å²) < 4.78 is 6.83. The Balaban J connectivity index is 1.18. The number of likely N-dealkylation sites (tertiary alicyclic amines) is 1. The van der Waals surface area contributed by atoms with Gasteiger partial charge in [-0.2, -0.15) is 0 Å². The summed E-state index contributed by atoms with van der Waals surface area (Å²) in [4.78, 5) is 21.8. The van der Waals surface area contributed by atoms with Crippen LogP contribution in [0, 0.1) is 0 Å². The second-order valence-electron chi connectivity index (χ2n) is 10.9. The molecule has 6 rings (SSSR count). The minimum atomic E-state index is 0.730. The summed E-state index contributed by atoms with van der Waals surface area (Å²) in [5.41, 5.74) is 8.81. The summed E-state index contributed by atoms with van der Waals surface area (Å²) in [7, 11) is 0. The lowest BCUT2D eigenvalue weighted by Crippen LogP contribution is -2.48. The van der Waals surface area contributed by atoms with Crippen molar-refractivity contribution in [1.82, 2.24) is 24.7 Å². The lowest BCUT2D eigenvalue weighted by molar-refractivity contribution is 0.110. The third kappa shape index (κ3) is 6.44. The highest BCUT2D eigenvalue weighted by Gasteiger charge is 2.23. The number of benzene rings is 1. The van der Waals surface area contributed by atoms with Crippen LogP contribution in [0.4, 0.5) is 5.82 Å². The Morgan fingerprint density at radius 3 is 2.33 bits per heavy atom. The topological polar surface area (TPSA) is 74.0 Å². The Morgan fingerprint density at radius 2 is 1.56 bits per heavy atom. The molecule has 0 aliphatic carbocycles. The molecule has 3 aliphatic rings. The summed E-state index contributed by atoms with van der Waals surface area (Å²) in [6, 6.07) is 10.5. The van der Waals surface area contributed by atoms with Crippen molar-refractivity contribution in [2.45, 2.75) is 25.8 Å². The lowest BCUT2D eigenvalue weighted by Gasteiger charge is -2.36. The number of nitrogens with zero attached hydrogens (tertiary/aromatic N) is 6. The van der Waals surface area contributed by atoms with E-state index in [1.165, 1.54) is 55.0 Å². The minimum Gasteiger partial charge on any atom is -0.405 e. The minimum absolute atomic E-state index is 0.730. The summed E-state index contributed by atoms with van der Waals surface area (Å²) in [5.74, 6) is 1.79. The van der Waals surface area contributed by atoms with Crippen LogP contribution in [0.2, 0.25) is 0 Å². The Morgan fingerprint density at radius 1 is 0.846 bits per heavy atom. The number of rotatable bonds is 8. The predicted octanol–water partition coefficient (Wildman–Crippen LogP) is 3.73. The first-order valence-electron chi connectivity index (χ1n) is 14.5. The number of nitrogens with two attached hydrogens (primary N) is 1. The molecule has 5 heterocycles. The number of ether oxygens (including phenoxy) is 1. The van der Waals surface area contributed by atoms with Crippen molar-refractivity contribution in [1.29, 1.82) is 0 Å². The van der Waals surface area contributed by atoms with Gasteiger partial charge in [0.15, 0.2) is 11.6 Å². The SMILES string of the molecule is N/C=C\c1ccccc1-c1nc(N2CCOCC2)c2sc(CN3CCN(CCN4CCCCC4)CC3)cc2n1. The molecule has 3 saturated heterocycles. The number of hydrogen-bond donors (Lipinski definition) is 1. The maximum atomic E-state index is 5.74. The van der Waals surface area contributed by atoms with E-state index in [-0.39, 0.29) is 0 Å². The highest BCUT2D eigenvalue weighted by Crippen LogP contribution is 2.36. The van der Waals surface area contributed by atoms with Crippen molar-refractivity contribution >= 4 is 33.4 Å². The molecule has 0 amide bonds. The molecule has 0 spiro atoms. The molecule has 3 aromatic rings.